The second kappa shape index (κ2) is 7.63. The monoisotopic (exact) mass is 360 g/mol. The second-order valence-corrected chi connectivity index (χ2v) is 13.5. The van der Waals surface area contributed by atoms with Gasteiger partial charge in [0.15, 0.2) is 8.32 Å². The van der Waals surface area contributed by atoms with Crippen molar-refractivity contribution in [3.63, 3.8) is 0 Å². The van der Waals surface area contributed by atoms with E-state index in [1.54, 1.807) is 6.92 Å². The first-order valence-corrected chi connectivity index (χ1v) is 12.0. The Morgan fingerprint density at radius 1 is 1.20 bits per heavy atom. The zero-order chi connectivity index (χ0) is 18.7. The van der Waals surface area contributed by atoms with E-state index in [9.17, 15) is 5.11 Å². The van der Waals surface area contributed by atoms with E-state index in [-0.39, 0.29) is 11.0 Å². The van der Waals surface area contributed by atoms with Gasteiger partial charge in [-0.3, -0.25) is 0 Å². The van der Waals surface area contributed by atoms with Crippen LogP contribution in [-0.2, 0) is 15.8 Å². The molecule has 1 fully saturated rings. The molecule has 1 saturated heterocycles. The van der Waals surface area contributed by atoms with Crippen molar-refractivity contribution in [1.29, 1.82) is 0 Å². The van der Waals surface area contributed by atoms with Gasteiger partial charge in [-0.05, 0) is 49.2 Å². The molecule has 0 aliphatic carbocycles. The molecule has 0 radical (unpaired) electrons. The summed E-state index contributed by atoms with van der Waals surface area (Å²) in [4.78, 5) is 0. The van der Waals surface area contributed by atoms with Crippen LogP contribution in [-0.4, -0.2) is 32.2 Å². The highest BCUT2D eigenvalue weighted by molar-refractivity contribution is 6.74. The van der Waals surface area contributed by atoms with E-state index < -0.39 is 13.9 Å². The zero-order valence-electron chi connectivity index (χ0n) is 16.5. The molecule has 2 unspecified atom stereocenters. The predicted octanol–water partition coefficient (Wildman–Crippen LogP) is 4.35. The van der Waals surface area contributed by atoms with E-state index >= 15 is 0 Å². The fourth-order valence-corrected chi connectivity index (χ4v) is 3.40. The van der Waals surface area contributed by atoms with Crippen LogP contribution in [0.1, 0.15) is 45.2 Å². The predicted molar refractivity (Wildman–Crippen MR) is 105 cm³/mol. The van der Waals surface area contributed by atoms with Crippen molar-refractivity contribution in [1.82, 2.24) is 0 Å². The first-order chi connectivity index (χ1) is 11.5. The van der Waals surface area contributed by atoms with Gasteiger partial charge in [0.1, 0.15) is 5.60 Å². The summed E-state index contributed by atoms with van der Waals surface area (Å²) >= 11 is 0. The molecule has 2 atom stereocenters. The lowest BCUT2D eigenvalue weighted by atomic mass is 9.89. The standard InChI is InChI=1S/C21H32O3Si/c1-20(2,3)25(5,6)24-15-18-9-7-17(8-10-18)11-13-21(4,22)19-12-14-23-16-19/h7-10,19,22H,12,14-16H2,1-6H3. The van der Waals surface area contributed by atoms with E-state index in [1.807, 2.05) is 12.1 Å². The molecule has 2 rings (SSSR count). The minimum atomic E-state index is -1.73. The summed E-state index contributed by atoms with van der Waals surface area (Å²) in [5, 5.41) is 10.7. The molecule has 25 heavy (non-hydrogen) atoms. The molecule has 0 aromatic heterocycles. The molecule has 1 aromatic rings. The van der Waals surface area contributed by atoms with Crippen molar-refractivity contribution in [3.05, 3.63) is 35.4 Å². The maximum Gasteiger partial charge on any atom is 0.192 e. The van der Waals surface area contributed by atoms with Crippen LogP contribution in [0.15, 0.2) is 24.3 Å². The Bertz CT molecular complexity index is 624. The normalized spacial score (nSPS) is 20.7. The number of hydrogen-bond donors (Lipinski definition) is 1. The number of hydrogen-bond acceptors (Lipinski definition) is 3. The fraction of sp³-hybridized carbons (Fsp3) is 0.619. The molecule has 4 heteroatoms. The third-order valence-electron chi connectivity index (χ3n) is 5.54. The molecule has 1 aromatic carbocycles. The van der Waals surface area contributed by atoms with E-state index in [0.29, 0.717) is 19.8 Å². The van der Waals surface area contributed by atoms with Crippen molar-refractivity contribution in [3.8, 4) is 11.8 Å². The zero-order valence-corrected chi connectivity index (χ0v) is 17.5. The van der Waals surface area contributed by atoms with Gasteiger partial charge < -0.3 is 14.3 Å². The Kier molecular flexibility index (Phi) is 6.16. The third kappa shape index (κ3) is 5.42. The van der Waals surface area contributed by atoms with Crippen LogP contribution in [0.4, 0.5) is 0 Å². The van der Waals surface area contributed by atoms with Crippen molar-refractivity contribution < 1.29 is 14.3 Å². The minimum absolute atomic E-state index is 0.0947. The molecule has 1 heterocycles. The maximum absolute atomic E-state index is 10.5. The fourth-order valence-electron chi connectivity index (χ4n) is 2.44. The number of benzene rings is 1. The van der Waals surface area contributed by atoms with Gasteiger partial charge in [0.2, 0.25) is 0 Å². The van der Waals surface area contributed by atoms with Gasteiger partial charge in [-0.2, -0.15) is 0 Å². The molecule has 1 N–H and O–H groups in total. The first-order valence-electron chi connectivity index (χ1n) is 9.07. The molecule has 0 spiro atoms. The van der Waals surface area contributed by atoms with Crippen LogP contribution < -0.4 is 0 Å². The highest BCUT2D eigenvalue weighted by Crippen LogP contribution is 2.37. The minimum Gasteiger partial charge on any atom is -0.413 e. The van der Waals surface area contributed by atoms with Crippen molar-refractivity contribution in [2.75, 3.05) is 13.2 Å². The lowest BCUT2D eigenvalue weighted by molar-refractivity contribution is 0.0475. The highest BCUT2D eigenvalue weighted by Gasteiger charge is 2.37. The van der Waals surface area contributed by atoms with Gasteiger partial charge in [-0.25, -0.2) is 0 Å². The van der Waals surface area contributed by atoms with E-state index in [4.69, 9.17) is 9.16 Å². The summed E-state index contributed by atoms with van der Waals surface area (Å²) < 4.78 is 11.6. The Balaban J connectivity index is 1.98. The van der Waals surface area contributed by atoms with Crippen LogP contribution in [0.2, 0.25) is 18.1 Å². The van der Waals surface area contributed by atoms with Gasteiger partial charge in [0.05, 0.1) is 13.2 Å². The smallest absolute Gasteiger partial charge is 0.192 e. The van der Waals surface area contributed by atoms with Crippen molar-refractivity contribution in [2.45, 2.75) is 64.5 Å². The maximum atomic E-state index is 10.5. The van der Waals surface area contributed by atoms with Crippen LogP contribution >= 0.6 is 0 Å². The summed E-state index contributed by atoms with van der Waals surface area (Å²) in [6, 6.07) is 8.12. The topological polar surface area (TPSA) is 38.7 Å². The molecule has 0 saturated carbocycles. The Labute approximate surface area is 153 Å². The summed E-state index contributed by atoms with van der Waals surface area (Å²) in [5.74, 6) is 6.21. The lowest BCUT2D eigenvalue weighted by Crippen LogP contribution is -2.40. The summed E-state index contributed by atoms with van der Waals surface area (Å²) in [5.41, 5.74) is 1.07. The summed E-state index contributed by atoms with van der Waals surface area (Å²) in [7, 11) is -1.73. The quantitative estimate of drug-likeness (QED) is 0.641. The Hall–Kier alpha value is -1.12. The molecule has 0 bridgehead atoms. The second-order valence-electron chi connectivity index (χ2n) is 8.70. The number of rotatable bonds is 4. The molecule has 138 valence electrons. The average Bonchev–Trinajstić information content (AvgIpc) is 3.06. The van der Waals surface area contributed by atoms with Gasteiger partial charge >= 0.3 is 0 Å². The van der Waals surface area contributed by atoms with E-state index in [1.165, 1.54) is 0 Å². The lowest BCUT2D eigenvalue weighted by Gasteiger charge is -2.36. The van der Waals surface area contributed by atoms with Gasteiger partial charge in [0.25, 0.3) is 0 Å². The van der Waals surface area contributed by atoms with Crippen LogP contribution in [0, 0.1) is 17.8 Å². The summed E-state index contributed by atoms with van der Waals surface area (Å²) in [6.45, 7) is 15.0. The number of aliphatic hydroxyl groups is 1. The van der Waals surface area contributed by atoms with E-state index in [0.717, 1.165) is 17.5 Å². The molecule has 0 amide bonds. The van der Waals surface area contributed by atoms with E-state index in [2.05, 4.69) is 57.8 Å². The van der Waals surface area contributed by atoms with Crippen molar-refractivity contribution >= 4 is 8.32 Å². The van der Waals surface area contributed by atoms with Gasteiger partial charge in [0, 0.05) is 18.1 Å². The highest BCUT2D eigenvalue weighted by atomic mass is 28.4. The Morgan fingerprint density at radius 3 is 2.36 bits per heavy atom. The molecular formula is C21H32O3Si. The summed E-state index contributed by atoms with van der Waals surface area (Å²) in [6.07, 6.45) is 0.866. The average molecular weight is 361 g/mol. The third-order valence-corrected chi connectivity index (χ3v) is 10.0. The molecule has 3 nitrogen and oxygen atoms in total. The number of ether oxygens (including phenoxy) is 1. The largest absolute Gasteiger partial charge is 0.413 e. The van der Waals surface area contributed by atoms with Gasteiger partial charge in [-0.1, -0.05) is 44.7 Å². The molecule has 1 aliphatic heterocycles. The van der Waals surface area contributed by atoms with Crippen molar-refractivity contribution in [2.24, 2.45) is 5.92 Å². The van der Waals surface area contributed by atoms with Gasteiger partial charge in [-0.15, -0.1) is 0 Å². The Morgan fingerprint density at radius 2 is 1.84 bits per heavy atom. The van der Waals surface area contributed by atoms with Crippen LogP contribution in [0.5, 0.6) is 0 Å². The van der Waals surface area contributed by atoms with Crippen LogP contribution in [0.25, 0.3) is 0 Å². The van der Waals surface area contributed by atoms with Crippen LogP contribution in [0.3, 0.4) is 0 Å². The first kappa shape index (κ1) is 20.2. The SMILES string of the molecule is CC(O)(C#Cc1ccc(CO[Si](C)(C)C(C)(C)C)cc1)C1CCOC1. The molecular weight excluding hydrogens is 328 g/mol. The molecule has 1 aliphatic rings.